The molecule has 16 heavy (non-hydrogen) atoms. The number of carbonyl (C=O) groups excluding carboxylic acids is 1. The predicted molar refractivity (Wildman–Crippen MR) is 68.1 cm³/mol. The zero-order valence-electron chi connectivity index (χ0n) is 8.53. The van der Waals surface area contributed by atoms with Crippen LogP contribution >= 0.6 is 22.9 Å². The smallest absolute Gasteiger partial charge is 0.249 e. The van der Waals surface area contributed by atoms with Crippen molar-refractivity contribution in [1.29, 1.82) is 0 Å². The van der Waals surface area contributed by atoms with Crippen molar-refractivity contribution in [2.45, 2.75) is 6.92 Å². The van der Waals surface area contributed by atoms with Crippen LogP contribution in [0.3, 0.4) is 0 Å². The molecule has 0 aliphatic rings. The average Bonchev–Trinajstić information content (AvgIpc) is 2.59. The van der Waals surface area contributed by atoms with E-state index in [0.717, 1.165) is 10.2 Å². The van der Waals surface area contributed by atoms with Crippen LogP contribution in [0.5, 0.6) is 0 Å². The summed E-state index contributed by atoms with van der Waals surface area (Å²) in [6.07, 6.45) is 3.14. The van der Waals surface area contributed by atoms with Gasteiger partial charge in [0.15, 0.2) is 5.13 Å². The highest BCUT2D eigenvalue weighted by molar-refractivity contribution is 7.22. The van der Waals surface area contributed by atoms with Crippen LogP contribution in [-0.4, -0.2) is 10.9 Å². The Kier molecular flexibility index (Phi) is 3.22. The Hall–Kier alpha value is -1.39. The summed E-state index contributed by atoms with van der Waals surface area (Å²) < 4.78 is 0.961. The van der Waals surface area contributed by atoms with Crippen LogP contribution in [0, 0.1) is 0 Å². The summed E-state index contributed by atoms with van der Waals surface area (Å²) in [5.74, 6) is -0.173. The molecule has 1 aromatic carbocycles. The van der Waals surface area contributed by atoms with E-state index in [9.17, 15) is 4.79 Å². The molecule has 0 spiro atoms. The predicted octanol–water partition coefficient (Wildman–Crippen LogP) is 3.46. The van der Waals surface area contributed by atoms with Crippen LogP contribution in [0.15, 0.2) is 30.4 Å². The van der Waals surface area contributed by atoms with Crippen molar-refractivity contribution in [1.82, 2.24) is 4.98 Å². The zero-order chi connectivity index (χ0) is 11.5. The molecule has 5 heteroatoms. The fraction of sp³-hybridized carbons (Fsp3) is 0.0909. The number of thiazole rings is 1. The Morgan fingerprint density at radius 2 is 2.38 bits per heavy atom. The number of hydrogen-bond acceptors (Lipinski definition) is 3. The zero-order valence-corrected chi connectivity index (χ0v) is 10.1. The van der Waals surface area contributed by atoms with Gasteiger partial charge in [-0.1, -0.05) is 29.0 Å². The van der Waals surface area contributed by atoms with E-state index in [1.807, 2.05) is 12.1 Å². The molecule has 0 bridgehead atoms. The van der Waals surface area contributed by atoms with Gasteiger partial charge in [0.2, 0.25) is 5.91 Å². The van der Waals surface area contributed by atoms with Crippen LogP contribution in [0.4, 0.5) is 5.13 Å². The lowest BCUT2D eigenvalue weighted by Crippen LogP contribution is -2.06. The number of carbonyl (C=O) groups is 1. The van der Waals surface area contributed by atoms with Crippen molar-refractivity contribution >= 4 is 44.2 Å². The van der Waals surface area contributed by atoms with Gasteiger partial charge in [-0.15, -0.1) is 0 Å². The van der Waals surface area contributed by atoms with E-state index in [-0.39, 0.29) is 5.91 Å². The number of nitrogens with one attached hydrogen (secondary N) is 1. The molecule has 1 amide bonds. The molecular weight excluding hydrogens is 244 g/mol. The first-order valence-corrected chi connectivity index (χ1v) is 5.88. The van der Waals surface area contributed by atoms with Gasteiger partial charge in [0.05, 0.1) is 10.2 Å². The van der Waals surface area contributed by atoms with E-state index >= 15 is 0 Å². The van der Waals surface area contributed by atoms with Gasteiger partial charge in [-0.05, 0) is 31.2 Å². The highest BCUT2D eigenvalue weighted by Crippen LogP contribution is 2.28. The Labute approximate surface area is 102 Å². The summed E-state index contributed by atoms with van der Waals surface area (Å²) in [5.41, 5.74) is 0.838. The van der Waals surface area contributed by atoms with E-state index in [0.29, 0.717) is 10.2 Å². The number of benzene rings is 1. The molecule has 0 saturated carbocycles. The third-order valence-corrected chi connectivity index (χ3v) is 3.07. The minimum Gasteiger partial charge on any atom is -0.298 e. The molecule has 1 N–H and O–H groups in total. The molecule has 0 fully saturated rings. The van der Waals surface area contributed by atoms with Gasteiger partial charge in [0.25, 0.3) is 0 Å². The van der Waals surface area contributed by atoms with Crippen molar-refractivity contribution in [2.24, 2.45) is 0 Å². The minimum absolute atomic E-state index is 0.173. The van der Waals surface area contributed by atoms with Gasteiger partial charge in [-0.25, -0.2) is 4.98 Å². The molecule has 82 valence electrons. The van der Waals surface area contributed by atoms with E-state index in [1.54, 1.807) is 19.1 Å². The molecule has 0 unspecified atom stereocenters. The second-order valence-electron chi connectivity index (χ2n) is 3.12. The fourth-order valence-corrected chi connectivity index (χ4v) is 2.40. The molecule has 0 aliphatic carbocycles. The number of halogens is 1. The standard InChI is InChI=1S/C11H9ClN2OS/c1-2-3-10(15)14-11-13-8-5-4-7(12)6-9(8)16-11/h2-6H,1H3,(H,13,14,15). The summed E-state index contributed by atoms with van der Waals surface area (Å²) >= 11 is 7.27. The van der Waals surface area contributed by atoms with Gasteiger partial charge in [0.1, 0.15) is 0 Å². The van der Waals surface area contributed by atoms with E-state index in [4.69, 9.17) is 11.6 Å². The Morgan fingerprint density at radius 1 is 1.56 bits per heavy atom. The molecule has 3 nitrogen and oxygen atoms in total. The van der Waals surface area contributed by atoms with Gasteiger partial charge in [-0.2, -0.15) is 0 Å². The highest BCUT2D eigenvalue weighted by Gasteiger charge is 2.05. The number of amides is 1. The Bertz CT molecular complexity index is 562. The maximum atomic E-state index is 11.3. The van der Waals surface area contributed by atoms with Crippen LogP contribution in [-0.2, 0) is 4.79 Å². The SMILES string of the molecule is CC=CC(=O)Nc1nc2ccc(Cl)cc2s1. The minimum atomic E-state index is -0.173. The molecule has 0 radical (unpaired) electrons. The van der Waals surface area contributed by atoms with Gasteiger partial charge < -0.3 is 0 Å². The van der Waals surface area contributed by atoms with Crippen LogP contribution in [0.1, 0.15) is 6.92 Å². The molecule has 2 rings (SSSR count). The van der Waals surface area contributed by atoms with E-state index in [1.165, 1.54) is 17.4 Å². The largest absolute Gasteiger partial charge is 0.298 e. The molecule has 2 aromatic rings. The van der Waals surface area contributed by atoms with Crippen molar-refractivity contribution < 1.29 is 4.79 Å². The van der Waals surface area contributed by atoms with Crippen molar-refractivity contribution in [3.63, 3.8) is 0 Å². The maximum absolute atomic E-state index is 11.3. The first-order valence-electron chi connectivity index (χ1n) is 4.69. The number of hydrogen-bond donors (Lipinski definition) is 1. The van der Waals surface area contributed by atoms with E-state index < -0.39 is 0 Å². The van der Waals surface area contributed by atoms with E-state index in [2.05, 4.69) is 10.3 Å². The lowest BCUT2D eigenvalue weighted by molar-refractivity contribution is -0.111. The van der Waals surface area contributed by atoms with Crippen LogP contribution < -0.4 is 5.32 Å². The van der Waals surface area contributed by atoms with Crippen LogP contribution in [0.25, 0.3) is 10.2 Å². The quantitative estimate of drug-likeness (QED) is 0.832. The molecule has 0 atom stereocenters. The molecule has 0 aliphatic heterocycles. The lowest BCUT2D eigenvalue weighted by atomic mass is 10.3. The summed E-state index contributed by atoms with van der Waals surface area (Å²) in [7, 11) is 0. The number of allylic oxidation sites excluding steroid dienone is 1. The highest BCUT2D eigenvalue weighted by atomic mass is 35.5. The van der Waals surface area contributed by atoms with Gasteiger partial charge in [0, 0.05) is 5.02 Å². The third kappa shape index (κ3) is 2.40. The normalized spacial score (nSPS) is 11.1. The van der Waals surface area contributed by atoms with Gasteiger partial charge in [-0.3, -0.25) is 10.1 Å². The molecule has 1 aromatic heterocycles. The second kappa shape index (κ2) is 4.63. The second-order valence-corrected chi connectivity index (χ2v) is 4.59. The average molecular weight is 253 g/mol. The van der Waals surface area contributed by atoms with Crippen molar-refractivity contribution in [3.05, 3.63) is 35.4 Å². The fourth-order valence-electron chi connectivity index (χ4n) is 1.25. The summed E-state index contributed by atoms with van der Waals surface area (Å²) in [6.45, 7) is 1.79. The number of rotatable bonds is 2. The summed E-state index contributed by atoms with van der Waals surface area (Å²) in [6, 6.07) is 5.44. The van der Waals surface area contributed by atoms with Crippen molar-refractivity contribution in [3.8, 4) is 0 Å². The summed E-state index contributed by atoms with van der Waals surface area (Å²) in [4.78, 5) is 15.6. The monoisotopic (exact) mass is 252 g/mol. The number of aromatic nitrogens is 1. The van der Waals surface area contributed by atoms with Gasteiger partial charge >= 0.3 is 0 Å². The number of anilines is 1. The number of fused-ring (bicyclic) bond motifs is 1. The Morgan fingerprint density at radius 3 is 3.12 bits per heavy atom. The van der Waals surface area contributed by atoms with Crippen LogP contribution in [0.2, 0.25) is 5.02 Å². The van der Waals surface area contributed by atoms with Crippen molar-refractivity contribution in [2.75, 3.05) is 5.32 Å². The Balaban J connectivity index is 2.29. The third-order valence-electron chi connectivity index (χ3n) is 1.90. The molecule has 1 heterocycles. The lowest BCUT2D eigenvalue weighted by Gasteiger charge is -1.93. The number of nitrogens with zero attached hydrogens (tertiary/aromatic N) is 1. The first kappa shape index (κ1) is 11.1. The first-order chi connectivity index (χ1) is 7.69. The molecular formula is C11H9ClN2OS. The molecule has 0 saturated heterocycles. The maximum Gasteiger partial charge on any atom is 0.249 e. The topological polar surface area (TPSA) is 42.0 Å². The summed E-state index contributed by atoms with van der Waals surface area (Å²) in [5, 5.41) is 3.94.